The van der Waals surface area contributed by atoms with Gasteiger partial charge in [0, 0.05) is 12.1 Å². The molecule has 84 valence electrons. The second-order valence-electron chi connectivity index (χ2n) is 4.59. The fourth-order valence-corrected chi connectivity index (χ4v) is 2.43. The van der Waals surface area contributed by atoms with Crippen LogP contribution >= 0.6 is 0 Å². The Morgan fingerprint density at radius 2 is 2.14 bits per heavy atom. The lowest BCUT2D eigenvalue weighted by Crippen LogP contribution is -2.48. The van der Waals surface area contributed by atoms with Crippen LogP contribution in [0.3, 0.4) is 0 Å². The van der Waals surface area contributed by atoms with E-state index in [1.54, 1.807) is 0 Å². The van der Waals surface area contributed by atoms with Gasteiger partial charge in [0.1, 0.15) is 0 Å². The van der Waals surface area contributed by atoms with Gasteiger partial charge in [-0.3, -0.25) is 0 Å². The fourth-order valence-electron chi connectivity index (χ4n) is 2.43. The van der Waals surface area contributed by atoms with Crippen molar-refractivity contribution in [3.8, 4) is 0 Å². The van der Waals surface area contributed by atoms with Gasteiger partial charge in [-0.2, -0.15) is 0 Å². The smallest absolute Gasteiger partial charge is 0.0306 e. The number of rotatable bonds is 7. The largest absolute Gasteiger partial charge is 0.315 e. The summed E-state index contributed by atoms with van der Waals surface area (Å²) in [6.07, 6.45) is 7.94. The van der Waals surface area contributed by atoms with Crippen LogP contribution in [0.15, 0.2) is 0 Å². The topological polar surface area (TPSA) is 24.1 Å². The molecule has 0 aromatic rings. The van der Waals surface area contributed by atoms with E-state index in [-0.39, 0.29) is 0 Å². The number of hydrogen-bond donors (Lipinski definition) is 2. The third kappa shape index (κ3) is 3.58. The summed E-state index contributed by atoms with van der Waals surface area (Å²) < 4.78 is 0. The van der Waals surface area contributed by atoms with Crippen LogP contribution in [0.5, 0.6) is 0 Å². The summed E-state index contributed by atoms with van der Waals surface area (Å²) in [6, 6.07) is 0. The number of hydrogen-bond acceptors (Lipinski definition) is 2. The minimum atomic E-state index is 0.433. The lowest BCUT2D eigenvalue weighted by Gasteiger charge is -2.29. The molecule has 1 rings (SSSR count). The second-order valence-corrected chi connectivity index (χ2v) is 4.59. The third-order valence-corrected chi connectivity index (χ3v) is 3.23. The van der Waals surface area contributed by atoms with Crippen molar-refractivity contribution in [3.63, 3.8) is 0 Å². The van der Waals surface area contributed by atoms with Crippen molar-refractivity contribution in [1.82, 2.24) is 10.6 Å². The maximum atomic E-state index is 3.69. The standard InChI is InChI=1S/C12H26N2/c1-3-5-9-13-11-12(7-4-2)8-6-10-14-12/h13-14H,3-11H2,1-2H3. The van der Waals surface area contributed by atoms with E-state index in [0.29, 0.717) is 5.54 Å². The first kappa shape index (κ1) is 12.0. The van der Waals surface area contributed by atoms with Gasteiger partial charge < -0.3 is 10.6 Å². The zero-order valence-corrected chi connectivity index (χ0v) is 9.86. The van der Waals surface area contributed by atoms with E-state index in [1.807, 2.05) is 0 Å². The molecule has 1 aliphatic heterocycles. The van der Waals surface area contributed by atoms with Gasteiger partial charge in [-0.15, -0.1) is 0 Å². The lowest BCUT2D eigenvalue weighted by molar-refractivity contribution is 0.325. The maximum absolute atomic E-state index is 3.69. The second kappa shape index (κ2) is 6.41. The van der Waals surface area contributed by atoms with Gasteiger partial charge in [0.05, 0.1) is 0 Å². The van der Waals surface area contributed by atoms with Crippen LogP contribution in [-0.2, 0) is 0 Å². The van der Waals surface area contributed by atoms with Crippen LogP contribution in [0, 0.1) is 0 Å². The van der Waals surface area contributed by atoms with Gasteiger partial charge >= 0.3 is 0 Å². The molecule has 0 radical (unpaired) electrons. The van der Waals surface area contributed by atoms with E-state index >= 15 is 0 Å². The van der Waals surface area contributed by atoms with Crippen LogP contribution in [0.4, 0.5) is 0 Å². The molecule has 2 N–H and O–H groups in total. The first-order valence-electron chi connectivity index (χ1n) is 6.29. The van der Waals surface area contributed by atoms with Crippen LogP contribution in [0.1, 0.15) is 52.4 Å². The molecule has 0 aliphatic carbocycles. The molecule has 0 aromatic carbocycles. The number of unbranched alkanes of at least 4 members (excludes halogenated alkanes) is 1. The molecule has 2 heteroatoms. The molecule has 1 heterocycles. The Bertz CT molecular complexity index is 139. The molecule has 0 saturated carbocycles. The van der Waals surface area contributed by atoms with E-state index in [2.05, 4.69) is 24.5 Å². The van der Waals surface area contributed by atoms with Gasteiger partial charge in [-0.05, 0) is 38.8 Å². The maximum Gasteiger partial charge on any atom is 0.0306 e. The molecule has 1 fully saturated rings. The predicted octanol–water partition coefficient (Wildman–Crippen LogP) is 2.30. The first-order valence-corrected chi connectivity index (χ1v) is 6.29. The molecule has 1 aliphatic rings. The van der Waals surface area contributed by atoms with Crippen molar-refractivity contribution in [2.45, 2.75) is 57.9 Å². The lowest BCUT2D eigenvalue weighted by atomic mass is 9.92. The van der Waals surface area contributed by atoms with Crippen molar-refractivity contribution in [1.29, 1.82) is 0 Å². The molecule has 2 nitrogen and oxygen atoms in total. The molecule has 1 unspecified atom stereocenters. The Labute approximate surface area is 88.8 Å². The summed E-state index contributed by atoms with van der Waals surface area (Å²) in [5.74, 6) is 0. The van der Waals surface area contributed by atoms with Crippen LogP contribution in [0.2, 0.25) is 0 Å². The Balaban J connectivity index is 2.21. The van der Waals surface area contributed by atoms with E-state index in [9.17, 15) is 0 Å². The van der Waals surface area contributed by atoms with Crippen molar-refractivity contribution in [3.05, 3.63) is 0 Å². The van der Waals surface area contributed by atoms with Gasteiger partial charge in [0.15, 0.2) is 0 Å². The molecule has 1 atom stereocenters. The summed E-state index contributed by atoms with van der Waals surface area (Å²) >= 11 is 0. The molecule has 14 heavy (non-hydrogen) atoms. The Morgan fingerprint density at radius 3 is 2.71 bits per heavy atom. The van der Waals surface area contributed by atoms with Crippen molar-refractivity contribution < 1.29 is 0 Å². The van der Waals surface area contributed by atoms with Crippen LogP contribution < -0.4 is 10.6 Å². The highest BCUT2D eigenvalue weighted by atomic mass is 15.1. The highest BCUT2D eigenvalue weighted by molar-refractivity contribution is 4.94. The summed E-state index contributed by atoms with van der Waals surface area (Å²) in [4.78, 5) is 0. The molecular formula is C12H26N2. The Morgan fingerprint density at radius 1 is 1.29 bits per heavy atom. The molecule has 1 saturated heterocycles. The van der Waals surface area contributed by atoms with Gasteiger partial charge in [0.2, 0.25) is 0 Å². The Hall–Kier alpha value is -0.0800. The molecule has 0 aromatic heterocycles. The van der Waals surface area contributed by atoms with Crippen molar-refractivity contribution in [2.75, 3.05) is 19.6 Å². The van der Waals surface area contributed by atoms with Crippen molar-refractivity contribution >= 4 is 0 Å². The monoisotopic (exact) mass is 198 g/mol. The van der Waals surface area contributed by atoms with E-state index < -0.39 is 0 Å². The van der Waals surface area contributed by atoms with Crippen LogP contribution in [0.25, 0.3) is 0 Å². The third-order valence-electron chi connectivity index (χ3n) is 3.23. The van der Waals surface area contributed by atoms with Gasteiger partial charge in [-0.25, -0.2) is 0 Å². The summed E-state index contributed by atoms with van der Waals surface area (Å²) in [7, 11) is 0. The average Bonchev–Trinajstić information content (AvgIpc) is 2.63. The van der Waals surface area contributed by atoms with E-state index in [4.69, 9.17) is 0 Å². The van der Waals surface area contributed by atoms with E-state index in [1.165, 1.54) is 58.2 Å². The van der Waals surface area contributed by atoms with E-state index in [0.717, 1.165) is 0 Å². The van der Waals surface area contributed by atoms with Crippen molar-refractivity contribution in [2.24, 2.45) is 0 Å². The minimum Gasteiger partial charge on any atom is -0.315 e. The first-order chi connectivity index (χ1) is 6.83. The number of nitrogens with one attached hydrogen (secondary N) is 2. The van der Waals surface area contributed by atoms with Gasteiger partial charge in [0.25, 0.3) is 0 Å². The quantitative estimate of drug-likeness (QED) is 0.613. The highest BCUT2D eigenvalue weighted by Crippen LogP contribution is 2.23. The van der Waals surface area contributed by atoms with Crippen LogP contribution in [-0.4, -0.2) is 25.2 Å². The Kier molecular flexibility index (Phi) is 5.49. The van der Waals surface area contributed by atoms with Gasteiger partial charge in [-0.1, -0.05) is 26.7 Å². The predicted molar refractivity (Wildman–Crippen MR) is 62.7 cm³/mol. The average molecular weight is 198 g/mol. The molecule has 0 amide bonds. The summed E-state index contributed by atoms with van der Waals surface area (Å²) in [5.41, 5.74) is 0.433. The SMILES string of the molecule is CCCCNCC1(CCC)CCCN1. The summed E-state index contributed by atoms with van der Waals surface area (Å²) in [5, 5.41) is 7.28. The summed E-state index contributed by atoms with van der Waals surface area (Å²) in [6.45, 7) is 8.10. The molecule has 0 bridgehead atoms. The molecular weight excluding hydrogens is 172 g/mol. The zero-order valence-electron chi connectivity index (χ0n) is 9.86. The normalized spacial score (nSPS) is 27.0. The fraction of sp³-hybridized carbons (Fsp3) is 1.00. The minimum absolute atomic E-state index is 0.433. The molecule has 0 spiro atoms. The zero-order chi connectivity index (χ0) is 10.3. The highest BCUT2D eigenvalue weighted by Gasteiger charge is 2.31.